The molecule has 4 nitrogen and oxygen atoms in total. The SMILES string of the molecule is CC(C#N)C(=O)OCC#N. The van der Waals surface area contributed by atoms with Crippen LogP contribution in [0.2, 0.25) is 0 Å². The zero-order chi connectivity index (χ0) is 7.98. The fourth-order valence-electron chi connectivity index (χ4n) is 0.281. The van der Waals surface area contributed by atoms with Crippen LogP contribution in [0.5, 0.6) is 0 Å². The van der Waals surface area contributed by atoms with Crippen LogP contribution in [0.25, 0.3) is 0 Å². The Labute approximate surface area is 58.6 Å². The molecular weight excluding hydrogens is 132 g/mol. The lowest BCUT2D eigenvalue weighted by Crippen LogP contribution is -2.12. The van der Waals surface area contributed by atoms with Gasteiger partial charge in [-0.3, -0.25) is 4.79 Å². The van der Waals surface area contributed by atoms with Crippen LogP contribution in [0.1, 0.15) is 6.92 Å². The van der Waals surface area contributed by atoms with E-state index < -0.39 is 11.9 Å². The third-order valence-corrected chi connectivity index (χ3v) is 0.826. The molecule has 0 saturated carbocycles. The van der Waals surface area contributed by atoms with Crippen LogP contribution in [0.4, 0.5) is 0 Å². The largest absolute Gasteiger partial charge is 0.449 e. The first-order valence-electron chi connectivity index (χ1n) is 2.65. The number of rotatable bonds is 2. The Kier molecular flexibility index (Phi) is 3.67. The van der Waals surface area contributed by atoms with Crippen LogP contribution in [0.3, 0.4) is 0 Å². The molecule has 0 rings (SSSR count). The monoisotopic (exact) mass is 138 g/mol. The molecule has 0 saturated heterocycles. The number of esters is 1. The van der Waals surface area contributed by atoms with Gasteiger partial charge in [0.15, 0.2) is 6.61 Å². The molecule has 10 heavy (non-hydrogen) atoms. The van der Waals surface area contributed by atoms with Crippen molar-refractivity contribution in [2.45, 2.75) is 6.92 Å². The highest BCUT2D eigenvalue weighted by atomic mass is 16.5. The first-order valence-corrected chi connectivity index (χ1v) is 2.65. The summed E-state index contributed by atoms with van der Waals surface area (Å²) in [5.41, 5.74) is 0. The van der Waals surface area contributed by atoms with Gasteiger partial charge >= 0.3 is 5.97 Å². The number of hydrogen-bond donors (Lipinski definition) is 0. The van der Waals surface area contributed by atoms with E-state index in [0.29, 0.717) is 0 Å². The fourth-order valence-corrected chi connectivity index (χ4v) is 0.281. The molecule has 0 amide bonds. The second-order valence-corrected chi connectivity index (χ2v) is 1.62. The molecule has 0 heterocycles. The number of hydrogen-bond acceptors (Lipinski definition) is 4. The van der Waals surface area contributed by atoms with Gasteiger partial charge in [0.25, 0.3) is 0 Å². The lowest BCUT2D eigenvalue weighted by atomic mass is 10.2. The third kappa shape index (κ3) is 2.68. The van der Waals surface area contributed by atoms with Gasteiger partial charge in [0.1, 0.15) is 12.0 Å². The first-order chi connectivity index (χ1) is 4.72. The third-order valence-electron chi connectivity index (χ3n) is 0.826. The summed E-state index contributed by atoms with van der Waals surface area (Å²) in [4.78, 5) is 10.5. The van der Waals surface area contributed by atoms with E-state index in [1.54, 1.807) is 12.1 Å². The van der Waals surface area contributed by atoms with E-state index in [1.165, 1.54) is 6.92 Å². The van der Waals surface area contributed by atoms with Crippen molar-refractivity contribution in [2.75, 3.05) is 6.61 Å². The van der Waals surface area contributed by atoms with Gasteiger partial charge in [0.2, 0.25) is 0 Å². The molecule has 0 aromatic carbocycles. The standard InChI is InChI=1S/C6H6N2O2/c1-5(4-8)6(9)10-3-2-7/h5H,3H2,1H3. The van der Waals surface area contributed by atoms with Crippen molar-refractivity contribution in [3.05, 3.63) is 0 Å². The van der Waals surface area contributed by atoms with Crippen LogP contribution >= 0.6 is 0 Å². The molecule has 0 aliphatic carbocycles. The lowest BCUT2D eigenvalue weighted by molar-refractivity contribution is -0.144. The minimum Gasteiger partial charge on any atom is -0.449 e. The number of carbonyl (C=O) groups excluding carboxylic acids is 1. The van der Waals surface area contributed by atoms with Gasteiger partial charge in [-0.15, -0.1) is 0 Å². The second-order valence-electron chi connectivity index (χ2n) is 1.62. The number of carbonyl (C=O) groups is 1. The molecule has 52 valence electrons. The predicted molar refractivity (Wildman–Crippen MR) is 31.3 cm³/mol. The van der Waals surface area contributed by atoms with Crippen LogP contribution in [0, 0.1) is 28.6 Å². The fraction of sp³-hybridized carbons (Fsp3) is 0.500. The van der Waals surface area contributed by atoms with E-state index in [9.17, 15) is 4.79 Å². The highest BCUT2D eigenvalue weighted by Gasteiger charge is 2.11. The Bertz CT molecular complexity index is 199. The molecule has 0 aliphatic heterocycles. The maximum Gasteiger partial charge on any atom is 0.324 e. The van der Waals surface area contributed by atoms with Crippen molar-refractivity contribution in [3.8, 4) is 12.1 Å². The molecule has 0 aliphatic rings. The van der Waals surface area contributed by atoms with E-state index in [4.69, 9.17) is 10.5 Å². The highest BCUT2D eigenvalue weighted by molar-refractivity contribution is 5.74. The summed E-state index contributed by atoms with van der Waals surface area (Å²) in [6.07, 6.45) is 0. The molecule has 0 N–H and O–H groups in total. The zero-order valence-corrected chi connectivity index (χ0v) is 5.50. The summed E-state index contributed by atoms with van der Waals surface area (Å²) in [6.45, 7) is 1.13. The molecule has 1 unspecified atom stereocenters. The average Bonchev–Trinajstić information content (AvgIpc) is 1.98. The summed E-state index contributed by atoms with van der Waals surface area (Å²) < 4.78 is 4.32. The molecule has 0 aromatic heterocycles. The van der Waals surface area contributed by atoms with Crippen LogP contribution < -0.4 is 0 Å². The van der Waals surface area contributed by atoms with Crippen LogP contribution in [-0.2, 0) is 9.53 Å². The molecule has 0 radical (unpaired) electrons. The maximum atomic E-state index is 10.5. The van der Waals surface area contributed by atoms with E-state index in [1.807, 2.05) is 0 Å². The summed E-state index contributed by atoms with van der Waals surface area (Å²) in [6, 6.07) is 3.31. The number of nitriles is 2. The van der Waals surface area contributed by atoms with Gasteiger partial charge in [-0.1, -0.05) is 0 Å². The summed E-state index contributed by atoms with van der Waals surface area (Å²) in [7, 11) is 0. The van der Waals surface area contributed by atoms with Crippen LogP contribution in [-0.4, -0.2) is 12.6 Å². The van der Waals surface area contributed by atoms with Gasteiger partial charge in [-0.25, -0.2) is 0 Å². The Morgan fingerprint density at radius 3 is 2.70 bits per heavy atom. The lowest BCUT2D eigenvalue weighted by Gasteiger charge is -1.98. The van der Waals surface area contributed by atoms with E-state index in [-0.39, 0.29) is 6.61 Å². The second kappa shape index (κ2) is 4.34. The summed E-state index contributed by atoms with van der Waals surface area (Å²) >= 11 is 0. The molecule has 0 spiro atoms. The van der Waals surface area contributed by atoms with Crippen molar-refractivity contribution in [3.63, 3.8) is 0 Å². The normalized spacial score (nSPS) is 10.7. The molecule has 4 heteroatoms. The maximum absolute atomic E-state index is 10.5. The highest BCUT2D eigenvalue weighted by Crippen LogP contribution is 1.94. The molecule has 0 bridgehead atoms. The Morgan fingerprint density at radius 1 is 1.70 bits per heavy atom. The Morgan fingerprint density at radius 2 is 2.30 bits per heavy atom. The van der Waals surface area contributed by atoms with Crippen molar-refractivity contribution in [1.29, 1.82) is 10.5 Å². The molecule has 0 fully saturated rings. The molecule has 0 aromatic rings. The number of nitrogens with zero attached hydrogens (tertiary/aromatic N) is 2. The van der Waals surface area contributed by atoms with Gasteiger partial charge in [0.05, 0.1) is 6.07 Å². The van der Waals surface area contributed by atoms with Crippen molar-refractivity contribution in [2.24, 2.45) is 5.92 Å². The van der Waals surface area contributed by atoms with Gasteiger partial charge in [-0.2, -0.15) is 10.5 Å². The van der Waals surface area contributed by atoms with Gasteiger partial charge in [0, 0.05) is 0 Å². The molecule has 1 atom stereocenters. The Hall–Kier alpha value is -1.55. The predicted octanol–water partition coefficient (Wildman–Crippen LogP) is 0.213. The zero-order valence-electron chi connectivity index (χ0n) is 5.50. The topological polar surface area (TPSA) is 73.9 Å². The average molecular weight is 138 g/mol. The minimum atomic E-state index is -0.784. The Balaban J connectivity index is 3.68. The number of ether oxygens (including phenoxy) is 1. The summed E-state index contributed by atoms with van der Waals surface area (Å²) in [5, 5.41) is 16.1. The van der Waals surface area contributed by atoms with Crippen LogP contribution in [0.15, 0.2) is 0 Å². The molecular formula is C6H6N2O2. The smallest absolute Gasteiger partial charge is 0.324 e. The van der Waals surface area contributed by atoms with Crippen molar-refractivity contribution >= 4 is 5.97 Å². The van der Waals surface area contributed by atoms with E-state index in [2.05, 4.69) is 4.74 Å². The summed E-state index contributed by atoms with van der Waals surface area (Å²) in [5.74, 6) is -1.43. The van der Waals surface area contributed by atoms with Gasteiger partial charge in [-0.05, 0) is 6.92 Å². The van der Waals surface area contributed by atoms with E-state index >= 15 is 0 Å². The van der Waals surface area contributed by atoms with E-state index in [0.717, 1.165) is 0 Å². The van der Waals surface area contributed by atoms with Crippen molar-refractivity contribution in [1.82, 2.24) is 0 Å². The quantitative estimate of drug-likeness (QED) is 0.511. The minimum absolute atomic E-state index is 0.287. The van der Waals surface area contributed by atoms with Crippen molar-refractivity contribution < 1.29 is 9.53 Å². The van der Waals surface area contributed by atoms with Gasteiger partial charge < -0.3 is 4.74 Å². The first kappa shape index (κ1) is 8.45.